The minimum Gasteiger partial charge on any atom is -0.285 e. The first-order valence-corrected chi connectivity index (χ1v) is 6.22. The summed E-state index contributed by atoms with van der Waals surface area (Å²) in [4.78, 5) is 6.65. The van der Waals surface area contributed by atoms with E-state index >= 15 is 0 Å². The molecule has 0 amide bonds. The van der Waals surface area contributed by atoms with Gasteiger partial charge in [0.1, 0.15) is 0 Å². The Morgan fingerprint density at radius 2 is 2.17 bits per heavy atom. The maximum Gasteiger partial charge on any atom is 0.0958 e. The molecular formula is C8H12N2S2. The molecule has 2 aliphatic heterocycles. The Kier molecular flexibility index (Phi) is 3.14. The lowest BCUT2D eigenvalue weighted by molar-refractivity contribution is 0.328. The van der Waals surface area contributed by atoms with Gasteiger partial charge in [0.2, 0.25) is 0 Å². The predicted molar refractivity (Wildman–Crippen MR) is 57.9 cm³/mol. The van der Waals surface area contributed by atoms with Crippen LogP contribution in [-0.4, -0.2) is 41.1 Å². The summed E-state index contributed by atoms with van der Waals surface area (Å²) >= 11 is 3.91. The third-order valence-corrected chi connectivity index (χ3v) is 3.90. The summed E-state index contributed by atoms with van der Waals surface area (Å²) in [5.74, 6) is 2.54. The molecule has 0 aliphatic carbocycles. The Morgan fingerprint density at radius 1 is 1.33 bits per heavy atom. The zero-order chi connectivity index (χ0) is 8.23. The van der Waals surface area contributed by atoms with Crippen molar-refractivity contribution >= 4 is 29.7 Å². The molecule has 0 N–H and O–H groups in total. The molecule has 1 atom stereocenters. The van der Waals surface area contributed by atoms with Crippen LogP contribution in [0.5, 0.6) is 0 Å². The second-order valence-corrected chi connectivity index (χ2v) is 5.01. The zero-order valence-corrected chi connectivity index (χ0v) is 8.48. The van der Waals surface area contributed by atoms with Crippen LogP contribution in [-0.2, 0) is 0 Å². The monoisotopic (exact) mass is 200 g/mol. The van der Waals surface area contributed by atoms with Crippen molar-refractivity contribution in [2.24, 2.45) is 4.99 Å². The van der Waals surface area contributed by atoms with Crippen LogP contribution < -0.4 is 0 Å². The lowest BCUT2D eigenvalue weighted by Crippen LogP contribution is -2.40. The SMILES string of the molecule is C1=CSC(N2CCSCC2)C=N1. The van der Waals surface area contributed by atoms with Crippen LogP contribution in [0.3, 0.4) is 0 Å². The summed E-state index contributed by atoms with van der Waals surface area (Å²) in [5.41, 5.74) is 0. The van der Waals surface area contributed by atoms with Crippen LogP contribution in [0.1, 0.15) is 0 Å². The number of rotatable bonds is 1. The first kappa shape index (κ1) is 8.66. The molecule has 12 heavy (non-hydrogen) atoms. The van der Waals surface area contributed by atoms with E-state index in [2.05, 4.69) is 15.3 Å². The highest BCUT2D eigenvalue weighted by Gasteiger charge is 2.19. The van der Waals surface area contributed by atoms with Gasteiger partial charge in [-0.1, -0.05) is 0 Å². The van der Waals surface area contributed by atoms with Crippen LogP contribution in [0.4, 0.5) is 0 Å². The van der Waals surface area contributed by atoms with Crippen molar-refractivity contribution in [2.45, 2.75) is 5.37 Å². The van der Waals surface area contributed by atoms with Gasteiger partial charge in [0.05, 0.1) is 5.37 Å². The third-order valence-electron chi connectivity index (χ3n) is 1.98. The second-order valence-electron chi connectivity index (χ2n) is 2.76. The number of hydrogen-bond acceptors (Lipinski definition) is 4. The summed E-state index contributed by atoms with van der Waals surface area (Å²) in [6.07, 6.45) is 3.90. The Morgan fingerprint density at radius 3 is 2.83 bits per heavy atom. The summed E-state index contributed by atoms with van der Waals surface area (Å²) in [6.45, 7) is 2.42. The fourth-order valence-corrected chi connectivity index (χ4v) is 3.08. The van der Waals surface area contributed by atoms with E-state index in [1.165, 1.54) is 24.6 Å². The third kappa shape index (κ3) is 2.06. The van der Waals surface area contributed by atoms with E-state index in [-0.39, 0.29) is 0 Å². The molecule has 4 heteroatoms. The van der Waals surface area contributed by atoms with Crippen molar-refractivity contribution in [3.8, 4) is 0 Å². The number of nitrogens with zero attached hydrogens (tertiary/aromatic N) is 2. The number of aliphatic imine (C=N–C) groups is 1. The summed E-state index contributed by atoms with van der Waals surface area (Å²) in [5, 5.41) is 2.57. The van der Waals surface area contributed by atoms with Crippen molar-refractivity contribution in [1.82, 2.24) is 4.90 Å². The van der Waals surface area contributed by atoms with Gasteiger partial charge in [0.15, 0.2) is 0 Å². The highest BCUT2D eigenvalue weighted by Crippen LogP contribution is 2.21. The fourth-order valence-electron chi connectivity index (χ4n) is 1.32. The average molecular weight is 200 g/mol. The van der Waals surface area contributed by atoms with Crippen LogP contribution in [0.25, 0.3) is 0 Å². The van der Waals surface area contributed by atoms with E-state index in [9.17, 15) is 0 Å². The van der Waals surface area contributed by atoms with Crippen LogP contribution in [0.15, 0.2) is 16.6 Å². The molecule has 2 nitrogen and oxygen atoms in total. The highest BCUT2D eigenvalue weighted by atomic mass is 32.2. The molecule has 1 unspecified atom stereocenters. The van der Waals surface area contributed by atoms with Crippen LogP contribution in [0, 0.1) is 0 Å². The molecule has 0 saturated carbocycles. The van der Waals surface area contributed by atoms with Crippen molar-refractivity contribution in [1.29, 1.82) is 0 Å². The van der Waals surface area contributed by atoms with Gasteiger partial charge in [0, 0.05) is 37.0 Å². The predicted octanol–water partition coefficient (Wildman–Crippen LogP) is 1.65. The van der Waals surface area contributed by atoms with Gasteiger partial charge in [-0.3, -0.25) is 9.89 Å². The molecule has 0 aromatic heterocycles. The van der Waals surface area contributed by atoms with Gasteiger partial charge in [-0.15, -0.1) is 11.8 Å². The van der Waals surface area contributed by atoms with Gasteiger partial charge in [0.25, 0.3) is 0 Å². The first-order valence-electron chi connectivity index (χ1n) is 4.12. The molecule has 0 spiro atoms. The van der Waals surface area contributed by atoms with Crippen molar-refractivity contribution < 1.29 is 0 Å². The summed E-state index contributed by atoms with van der Waals surface area (Å²) in [6, 6.07) is 0. The maximum atomic E-state index is 4.16. The normalized spacial score (nSPS) is 30.8. The summed E-state index contributed by atoms with van der Waals surface area (Å²) in [7, 11) is 0. The molecule has 0 aromatic rings. The average Bonchev–Trinajstić information content (AvgIpc) is 2.21. The Bertz CT molecular complexity index is 197. The number of thioether (sulfide) groups is 2. The zero-order valence-electron chi connectivity index (χ0n) is 6.85. The van der Waals surface area contributed by atoms with E-state index in [1.807, 2.05) is 35.9 Å². The smallest absolute Gasteiger partial charge is 0.0958 e. The van der Waals surface area contributed by atoms with Gasteiger partial charge in [-0.2, -0.15) is 11.8 Å². The molecule has 2 aliphatic rings. The lowest BCUT2D eigenvalue weighted by atomic mass is 10.5. The Hall–Kier alpha value is 0.0700. The maximum absolute atomic E-state index is 4.16. The van der Waals surface area contributed by atoms with Crippen LogP contribution >= 0.6 is 23.5 Å². The molecule has 1 fully saturated rings. The Labute approximate surface area is 81.5 Å². The van der Waals surface area contributed by atoms with Crippen molar-refractivity contribution in [3.63, 3.8) is 0 Å². The lowest BCUT2D eigenvalue weighted by Gasteiger charge is -2.31. The highest BCUT2D eigenvalue weighted by molar-refractivity contribution is 8.03. The first-order chi connectivity index (χ1) is 5.97. The van der Waals surface area contributed by atoms with Crippen LogP contribution in [0.2, 0.25) is 0 Å². The van der Waals surface area contributed by atoms with Gasteiger partial charge < -0.3 is 0 Å². The van der Waals surface area contributed by atoms with Gasteiger partial charge in [-0.25, -0.2) is 0 Å². The van der Waals surface area contributed by atoms with E-state index in [0.717, 1.165) is 0 Å². The largest absolute Gasteiger partial charge is 0.285 e. The van der Waals surface area contributed by atoms with Crippen molar-refractivity contribution in [2.75, 3.05) is 24.6 Å². The fraction of sp³-hybridized carbons (Fsp3) is 0.625. The number of hydrogen-bond donors (Lipinski definition) is 0. The molecule has 66 valence electrons. The minimum absolute atomic E-state index is 0.496. The molecule has 0 bridgehead atoms. The van der Waals surface area contributed by atoms with Crippen molar-refractivity contribution in [3.05, 3.63) is 11.6 Å². The van der Waals surface area contributed by atoms with E-state index in [1.54, 1.807) is 0 Å². The topological polar surface area (TPSA) is 15.6 Å². The summed E-state index contributed by atoms with van der Waals surface area (Å²) < 4.78 is 0. The van der Waals surface area contributed by atoms with Gasteiger partial charge in [-0.05, 0) is 5.41 Å². The molecular weight excluding hydrogens is 188 g/mol. The minimum atomic E-state index is 0.496. The van der Waals surface area contributed by atoms with E-state index in [0.29, 0.717) is 5.37 Å². The second kappa shape index (κ2) is 4.35. The molecule has 2 rings (SSSR count). The standard InChI is InChI=1S/C8H12N2S2/c1-4-12-8(7-9-1)10-2-5-11-6-3-10/h1,4,7-8H,2-3,5-6H2. The molecule has 1 saturated heterocycles. The van der Waals surface area contributed by atoms with E-state index in [4.69, 9.17) is 0 Å². The molecule has 0 radical (unpaired) electrons. The quantitative estimate of drug-likeness (QED) is 0.640. The molecule has 2 heterocycles. The van der Waals surface area contributed by atoms with Gasteiger partial charge >= 0.3 is 0 Å². The Balaban J connectivity index is 1.90. The van der Waals surface area contributed by atoms with E-state index < -0.39 is 0 Å². The molecule has 0 aromatic carbocycles.